The molecule has 4 heteroatoms. The van der Waals surface area contributed by atoms with Crippen LogP contribution in [0.3, 0.4) is 0 Å². The van der Waals surface area contributed by atoms with Crippen LogP contribution in [0.25, 0.3) is 0 Å². The van der Waals surface area contributed by atoms with Gasteiger partial charge in [0.1, 0.15) is 0 Å². The van der Waals surface area contributed by atoms with Crippen LogP contribution in [0.1, 0.15) is 33.7 Å². The first-order valence-electron chi connectivity index (χ1n) is 6.58. The normalized spacial score (nSPS) is 14.3. The zero-order chi connectivity index (χ0) is 13.4. The molecule has 1 amide bonds. The molecule has 0 bridgehead atoms. The first kappa shape index (κ1) is 12.0. The molecule has 0 saturated carbocycles. The van der Waals surface area contributed by atoms with E-state index in [1.807, 2.05) is 17.9 Å². The van der Waals surface area contributed by atoms with Crippen LogP contribution >= 0.6 is 0 Å². The monoisotopic (exact) mass is 255 g/mol. The van der Waals surface area contributed by atoms with Gasteiger partial charge in [-0.2, -0.15) is 5.10 Å². The van der Waals surface area contributed by atoms with Gasteiger partial charge in [-0.05, 0) is 44.4 Å². The number of carbonyl (C=O) groups excluding carboxylic acids is 1. The van der Waals surface area contributed by atoms with Crippen LogP contribution in [0.2, 0.25) is 0 Å². The number of nitrogens with zero attached hydrogens (tertiary/aromatic N) is 2. The number of aryl methyl sites for hydroxylation is 3. The largest absolute Gasteiger partial charge is 0.307 e. The lowest BCUT2D eigenvalue weighted by atomic mass is 9.99. The van der Waals surface area contributed by atoms with Gasteiger partial charge in [-0.3, -0.25) is 9.89 Å². The Bertz CT molecular complexity index is 630. The number of aromatic amines is 1. The molecule has 0 saturated heterocycles. The minimum atomic E-state index is -0.0193. The third kappa shape index (κ3) is 2.14. The van der Waals surface area contributed by atoms with Gasteiger partial charge in [0, 0.05) is 17.9 Å². The van der Waals surface area contributed by atoms with E-state index in [0.717, 1.165) is 30.8 Å². The minimum absolute atomic E-state index is 0.0193. The highest BCUT2D eigenvalue weighted by Gasteiger charge is 2.24. The summed E-state index contributed by atoms with van der Waals surface area (Å²) >= 11 is 0. The maximum absolute atomic E-state index is 12.5. The van der Waals surface area contributed by atoms with Crippen LogP contribution in [0, 0.1) is 13.8 Å². The third-order valence-electron chi connectivity index (χ3n) is 3.52. The topological polar surface area (TPSA) is 49.0 Å². The molecule has 0 aliphatic carbocycles. The fraction of sp³-hybridized carbons (Fsp3) is 0.333. The Hall–Kier alpha value is -2.10. The molecule has 1 N–H and O–H groups in total. The number of carbonyl (C=O) groups is 1. The summed E-state index contributed by atoms with van der Waals surface area (Å²) in [4.78, 5) is 14.3. The maximum Gasteiger partial charge on any atom is 0.278 e. The molecular weight excluding hydrogens is 238 g/mol. The second-order valence-corrected chi connectivity index (χ2v) is 5.13. The van der Waals surface area contributed by atoms with Crippen molar-refractivity contribution < 1.29 is 4.79 Å². The molecule has 3 rings (SSSR count). The molecule has 1 aromatic heterocycles. The number of H-pyrrole nitrogens is 1. The van der Waals surface area contributed by atoms with Crippen molar-refractivity contribution in [3.05, 3.63) is 46.8 Å². The van der Waals surface area contributed by atoms with E-state index in [1.165, 1.54) is 11.1 Å². The van der Waals surface area contributed by atoms with Crippen LogP contribution < -0.4 is 4.90 Å². The number of hydrogen-bond acceptors (Lipinski definition) is 2. The second-order valence-electron chi connectivity index (χ2n) is 5.13. The van der Waals surface area contributed by atoms with E-state index in [4.69, 9.17) is 0 Å². The minimum Gasteiger partial charge on any atom is -0.307 e. The Balaban J connectivity index is 1.97. The SMILES string of the molecule is Cc1ccc2c(c1)CCCN2C(=O)c1cc(C)[nH]n1. The Labute approximate surface area is 112 Å². The zero-order valence-electron chi connectivity index (χ0n) is 11.2. The predicted octanol–water partition coefficient (Wildman–Crippen LogP) is 2.62. The quantitative estimate of drug-likeness (QED) is 0.851. The van der Waals surface area contributed by atoms with E-state index in [1.54, 1.807) is 6.07 Å². The van der Waals surface area contributed by atoms with Gasteiger partial charge in [-0.1, -0.05) is 17.7 Å². The fourth-order valence-corrected chi connectivity index (χ4v) is 2.60. The number of anilines is 1. The van der Waals surface area contributed by atoms with Crippen molar-refractivity contribution in [2.75, 3.05) is 11.4 Å². The van der Waals surface area contributed by atoms with Crippen LogP contribution in [-0.4, -0.2) is 22.6 Å². The van der Waals surface area contributed by atoms with E-state index in [9.17, 15) is 4.79 Å². The predicted molar refractivity (Wildman–Crippen MR) is 74.5 cm³/mol. The van der Waals surface area contributed by atoms with Crippen LogP contribution in [0.5, 0.6) is 0 Å². The summed E-state index contributed by atoms with van der Waals surface area (Å²) in [6.07, 6.45) is 2.05. The van der Waals surface area contributed by atoms with E-state index < -0.39 is 0 Å². The Kier molecular flexibility index (Phi) is 2.85. The number of hydrogen-bond donors (Lipinski definition) is 1. The first-order chi connectivity index (χ1) is 9.15. The number of fused-ring (bicyclic) bond motifs is 1. The van der Waals surface area contributed by atoms with Crippen molar-refractivity contribution >= 4 is 11.6 Å². The molecule has 1 aromatic carbocycles. The van der Waals surface area contributed by atoms with E-state index in [0.29, 0.717) is 5.69 Å². The first-order valence-corrected chi connectivity index (χ1v) is 6.58. The van der Waals surface area contributed by atoms with Gasteiger partial charge >= 0.3 is 0 Å². The smallest absolute Gasteiger partial charge is 0.278 e. The summed E-state index contributed by atoms with van der Waals surface area (Å²) in [5.41, 5.74) is 4.92. The molecule has 98 valence electrons. The molecule has 0 atom stereocenters. The lowest BCUT2D eigenvalue weighted by molar-refractivity contribution is 0.0980. The van der Waals surface area contributed by atoms with Gasteiger partial charge in [0.2, 0.25) is 0 Å². The van der Waals surface area contributed by atoms with E-state index in [-0.39, 0.29) is 5.91 Å². The molecule has 1 aliphatic heterocycles. The lowest BCUT2D eigenvalue weighted by Crippen LogP contribution is -2.35. The standard InChI is InChI=1S/C15H17N3O/c1-10-5-6-14-12(8-10)4-3-7-18(14)15(19)13-9-11(2)16-17-13/h5-6,8-9H,3-4,7H2,1-2H3,(H,16,17). The molecule has 0 spiro atoms. The summed E-state index contributed by atoms with van der Waals surface area (Å²) in [6, 6.07) is 8.07. The fourth-order valence-electron chi connectivity index (χ4n) is 2.60. The number of rotatable bonds is 1. The molecule has 0 unspecified atom stereocenters. The Morgan fingerprint density at radius 1 is 1.32 bits per heavy atom. The van der Waals surface area contributed by atoms with E-state index >= 15 is 0 Å². The summed E-state index contributed by atoms with van der Waals surface area (Å²) in [7, 11) is 0. The molecule has 4 nitrogen and oxygen atoms in total. The van der Waals surface area contributed by atoms with Crippen molar-refractivity contribution in [1.82, 2.24) is 10.2 Å². The highest BCUT2D eigenvalue weighted by Crippen LogP contribution is 2.29. The third-order valence-corrected chi connectivity index (χ3v) is 3.52. The van der Waals surface area contributed by atoms with Gasteiger partial charge in [-0.15, -0.1) is 0 Å². The van der Waals surface area contributed by atoms with Crippen molar-refractivity contribution in [3.63, 3.8) is 0 Å². The molecule has 2 aromatic rings. The average molecular weight is 255 g/mol. The summed E-state index contributed by atoms with van der Waals surface area (Å²) in [6.45, 7) is 4.75. The number of benzene rings is 1. The summed E-state index contributed by atoms with van der Waals surface area (Å²) in [5, 5.41) is 6.89. The molecule has 0 fully saturated rings. The van der Waals surface area contributed by atoms with Gasteiger partial charge in [0.25, 0.3) is 5.91 Å². The van der Waals surface area contributed by atoms with Crippen LogP contribution in [0.4, 0.5) is 5.69 Å². The van der Waals surface area contributed by atoms with Gasteiger partial charge in [-0.25, -0.2) is 0 Å². The van der Waals surface area contributed by atoms with Crippen LogP contribution in [-0.2, 0) is 6.42 Å². The van der Waals surface area contributed by atoms with E-state index in [2.05, 4.69) is 29.3 Å². The van der Waals surface area contributed by atoms with Crippen molar-refractivity contribution in [1.29, 1.82) is 0 Å². The lowest BCUT2D eigenvalue weighted by Gasteiger charge is -2.29. The molecule has 1 aliphatic rings. The van der Waals surface area contributed by atoms with Crippen molar-refractivity contribution in [2.45, 2.75) is 26.7 Å². The highest BCUT2D eigenvalue weighted by molar-refractivity contribution is 6.05. The average Bonchev–Trinajstić information content (AvgIpc) is 2.83. The number of nitrogens with one attached hydrogen (secondary N) is 1. The molecule has 0 radical (unpaired) electrons. The number of aromatic nitrogens is 2. The van der Waals surface area contributed by atoms with Crippen molar-refractivity contribution in [2.24, 2.45) is 0 Å². The number of amides is 1. The molecule has 2 heterocycles. The van der Waals surface area contributed by atoms with Gasteiger partial charge < -0.3 is 4.90 Å². The summed E-state index contributed by atoms with van der Waals surface area (Å²) in [5.74, 6) is -0.0193. The Morgan fingerprint density at radius 2 is 2.16 bits per heavy atom. The van der Waals surface area contributed by atoms with Crippen molar-refractivity contribution in [3.8, 4) is 0 Å². The highest BCUT2D eigenvalue weighted by atomic mass is 16.2. The zero-order valence-corrected chi connectivity index (χ0v) is 11.2. The van der Waals surface area contributed by atoms with Crippen LogP contribution in [0.15, 0.2) is 24.3 Å². The molecule has 19 heavy (non-hydrogen) atoms. The molecular formula is C15H17N3O. The van der Waals surface area contributed by atoms with Gasteiger partial charge in [0.05, 0.1) is 0 Å². The van der Waals surface area contributed by atoms with Gasteiger partial charge in [0.15, 0.2) is 5.69 Å². The Morgan fingerprint density at radius 3 is 2.89 bits per heavy atom. The maximum atomic E-state index is 12.5. The second kappa shape index (κ2) is 4.53. The summed E-state index contributed by atoms with van der Waals surface area (Å²) < 4.78 is 0.